The summed E-state index contributed by atoms with van der Waals surface area (Å²) in [6, 6.07) is 11.3. The summed E-state index contributed by atoms with van der Waals surface area (Å²) in [7, 11) is 0. The molecule has 29 heavy (non-hydrogen) atoms. The number of benzene rings is 2. The average Bonchev–Trinajstić information content (AvgIpc) is 2.72. The Kier molecular flexibility index (Phi) is 6.42. The van der Waals surface area contributed by atoms with Gasteiger partial charge in [0.05, 0.1) is 6.04 Å². The van der Waals surface area contributed by atoms with E-state index in [1.54, 1.807) is 0 Å². The van der Waals surface area contributed by atoms with Crippen LogP contribution in [0.1, 0.15) is 37.4 Å². The third kappa shape index (κ3) is 4.22. The summed E-state index contributed by atoms with van der Waals surface area (Å²) in [6.45, 7) is 5.90. The van der Waals surface area contributed by atoms with Gasteiger partial charge in [0.25, 0.3) is 0 Å². The molecular formula is C22H28ClN3O3. The van der Waals surface area contributed by atoms with Gasteiger partial charge in [0.1, 0.15) is 19.3 Å². The Labute approximate surface area is 177 Å². The third-order valence-corrected chi connectivity index (χ3v) is 5.59. The minimum atomic E-state index is -0.277. The molecule has 1 amide bonds. The van der Waals surface area contributed by atoms with Crippen molar-refractivity contribution in [2.75, 3.05) is 30.4 Å². The van der Waals surface area contributed by atoms with Gasteiger partial charge in [0, 0.05) is 17.9 Å². The first-order chi connectivity index (χ1) is 13.5. The van der Waals surface area contributed by atoms with Crippen LogP contribution in [0.3, 0.4) is 0 Å². The molecule has 2 aromatic rings. The van der Waals surface area contributed by atoms with Crippen LogP contribution in [-0.2, 0) is 11.2 Å². The van der Waals surface area contributed by atoms with Gasteiger partial charge >= 0.3 is 0 Å². The Bertz CT molecular complexity index is 890. The molecule has 0 aromatic heterocycles. The number of halogens is 1. The monoisotopic (exact) mass is 417 g/mol. The number of hydrogen-bond acceptors (Lipinski definition) is 5. The van der Waals surface area contributed by atoms with Crippen molar-refractivity contribution in [1.82, 2.24) is 5.32 Å². The number of hydrogen-bond donors (Lipinski definition) is 2. The molecule has 0 saturated heterocycles. The van der Waals surface area contributed by atoms with Gasteiger partial charge in [-0.15, -0.1) is 12.4 Å². The van der Waals surface area contributed by atoms with E-state index in [4.69, 9.17) is 15.2 Å². The molecule has 2 heterocycles. The van der Waals surface area contributed by atoms with Crippen LogP contribution in [0.4, 0.5) is 11.4 Å². The third-order valence-electron chi connectivity index (χ3n) is 5.59. The summed E-state index contributed by atoms with van der Waals surface area (Å²) in [6.07, 6.45) is 1.96. The minimum Gasteiger partial charge on any atom is -0.486 e. The highest BCUT2D eigenvalue weighted by Crippen LogP contribution is 2.34. The number of nitrogens with zero attached hydrogens (tertiary/aromatic N) is 1. The van der Waals surface area contributed by atoms with E-state index < -0.39 is 0 Å². The minimum absolute atomic E-state index is 0. The molecule has 4 rings (SSSR count). The Morgan fingerprint density at radius 2 is 1.90 bits per heavy atom. The second-order valence-electron chi connectivity index (χ2n) is 7.45. The number of carbonyl (C=O) groups is 1. The molecule has 7 heteroatoms. The number of ether oxygens (including phenoxy) is 2. The summed E-state index contributed by atoms with van der Waals surface area (Å²) in [4.78, 5) is 15.1. The maximum Gasteiger partial charge on any atom is 0.242 e. The average molecular weight is 418 g/mol. The van der Waals surface area contributed by atoms with Gasteiger partial charge < -0.3 is 25.4 Å². The van der Waals surface area contributed by atoms with Crippen LogP contribution >= 0.6 is 12.4 Å². The van der Waals surface area contributed by atoms with Crippen molar-refractivity contribution in [3.05, 3.63) is 47.5 Å². The lowest BCUT2D eigenvalue weighted by molar-refractivity contribution is -0.122. The fraction of sp³-hybridized carbons (Fsp3) is 0.409. The van der Waals surface area contributed by atoms with Gasteiger partial charge in [-0.25, -0.2) is 0 Å². The van der Waals surface area contributed by atoms with Crippen LogP contribution in [0.15, 0.2) is 36.4 Å². The number of nitrogens with one attached hydrogen (secondary N) is 1. The zero-order valence-corrected chi connectivity index (χ0v) is 17.6. The summed E-state index contributed by atoms with van der Waals surface area (Å²) in [5.74, 6) is 1.49. The number of nitrogens with two attached hydrogens (primary N) is 1. The van der Waals surface area contributed by atoms with E-state index in [0.717, 1.165) is 53.4 Å². The van der Waals surface area contributed by atoms with Gasteiger partial charge in [-0.05, 0) is 62.1 Å². The summed E-state index contributed by atoms with van der Waals surface area (Å²) >= 11 is 0. The Morgan fingerprint density at radius 1 is 1.14 bits per heavy atom. The summed E-state index contributed by atoms with van der Waals surface area (Å²) in [5, 5.41) is 3.14. The van der Waals surface area contributed by atoms with Gasteiger partial charge in [-0.3, -0.25) is 4.79 Å². The molecule has 156 valence electrons. The van der Waals surface area contributed by atoms with E-state index in [1.165, 1.54) is 0 Å². The second kappa shape index (κ2) is 8.82. The van der Waals surface area contributed by atoms with Crippen molar-refractivity contribution in [3.63, 3.8) is 0 Å². The van der Waals surface area contributed by atoms with Crippen molar-refractivity contribution in [1.29, 1.82) is 0 Å². The van der Waals surface area contributed by atoms with E-state index in [2.05, 4.69) is 16.3 Å². The normalized spacial score (nSPS) is 16.8. The van der Waals surface area contributed by atoms with E-state index in [-0.39, 0.29) is 30.4 Å². The van der Waals surface area contributed by atoms with Crippen LogP contribution in [0.2, 0.25) is 0 Å². The summed E-state index contributed by atoms with van der Waals surface area (Å²) in [5.41, 5.74) is 10.2. The van der Waals surface area contributed by atoms with E-state index in [0.29, 0.717) is 13.2 Å². The molecule has 2 unspecified atom stereocenters. The molecule has 0 fully saturated rings. The number of fused-ring (bicyclic) bond motifs is 2. The topological polar surface area (TPSA) is 76.8 Å². The van der Waals surface area contributed by atoms with Crippen LogP contribution in [0, 0.1) is 0 Å². The number of carbonyl (C=O) groups excluding carboxylic acids is 1. The highest BCUT2D eigenvalue weighted by atomic mass is 35.5. The molecule has 3 N–H and O–H groups in total. The van der Waals surface area contributed by atoms with Gasteiger partial charge in [0.15, 0.2) is 11.5 Å². The van der Waals surface area contributed by atoms with E-state index in [9.17, 15) is 4.79 Å². The molecule has 0 bridgehead atoms. The Morgan fingerprint density at radius 3 is 2.69 bits per heavy atom. The molecule has 2 aliphatic heterocycles. The predicted molar refractivity (Wildman–Crippen MR) is 117 cm³/mol. The Balaban J connectivity index is 0.00000240. The predicted octanol–water partition coefficient (Wildman–Crippen LogP) is 3.48. The molecule has 2 aromatic carbocycles. The zero-order valence-electron chi connectivity index (χ0n) is 16.8. The lowest BCUT2D eigenvalue weighted by atomic mass is 9.98. The highest BCUT2D eigenvalue weighted by Gasteiger charge is 2.28. The lowest BCUT2D eigenvalue weighted by Gasteiger charge is -2.36. The quantitative estimate of drug-likeness (QED) is 0.745. The van der Waals surface area contributed by atoms with Gasteiger partial charge in [-0.1, -0.05) is 12.1 Å². The fourth-order valence-electron chi connectivity index (χ4n) is 3.97. The highest BCUT2D eigenvalue weighted by molar-refractivity contribution is 5.86. The molecule has 0 radical (unpaired) electrons. The van der Waals surface area contributed by atoms with Crippen molar-refractivity contribution in [2.45, 2.75) is 38.8 Å². The first-order valence-corrected chi connectivity index (χ1v) is 9.88. The van der Waals surface area contributed by atoms with Crippen molar-refractivity contribution in [2.24, 2.45) is 0 Å². The zero-order chi connectivity index (χ0) is 19.7. The molecule has 6 nitrogen and oxygen atoms in total. The fourth-order valence-corrected chi connectivity index (χ4v) is 3.97. The number of rotatable bonds is 4. The smallest absolute Gasteiger partial charge is 0.242 e. The van der Waals surface area contributed by atoms with Crippen LogP contribution in [0.5, 0.6) is 11.5 Å². The van der Waals surface area contributed by atoms with Gasteiger partial charge in [0.2, 0.25) is 5.91 Å². The Hall–Kier alpha value is -2.60. The maximum atomic E-state index is 13.0. The molecule has 0 spiro atoms. The van der Waals surface area contributed by atoms with Crippen molar-refractivity contribution >= 4 is 29.7 Å². The second-order valence-corrected chi connectivity index (χ2v) is 7.45. The van der Waals surface area contributed by atoms with Crippen LogP contribution in [0.25, 0.3) is 0 Å². The molecule has 2 aliphatic rings. The maximum absolute atomic E-state index is 13.0. The number of anilines is 2. The SMILES string of the molecule is CC(NC(=O)C(C)N1CCCc2c(N)cccc21)c1ccc2c(c1)OCCO2.Cl. The van der Waals surface area contributed by atoms with Crippen molar-refractivity contribution in [3.8, 4) is 11.5 Å². The lowest BCUT2D eigenvalue weighted by Crippen LogP contribution is -2.47. The number of nitrogen functional groups attached to an aromatic ring is 1. The molecule has 2 atom stereocenters. The first-order valence-electron chi connectivity index (χ1n) is 9.88. The van der Waals surface area contributed by atoms with E-state index in [1.807, 2.05) is 44.2 Å². The van der Waals surface area contributed by atoms with Crippen LogP contribution < -0.4 is 25.4 Å². The largest absolute Gasteiger partial charge is 0.486 e. The first kappa shape index (κ1) is 21.1. The molecular weight excluding hydrogens is 390 g/mol. The van der Waals surface area contributed by atoms with Crippen LogP contribution in [-0.4, -0.2) is 31.7 Å². The van der Waals surface area contributed by atoms with Crippen molar-refractivity contribution < 1.29 is 14.3 Å². The van der Waals surface area contributed by atoms with Gasteiger partial charge in [-0.2, -0.15) is 0 Å². The molecule has 0 saturated carbocycles. The number of amides is 1. The van der Waals surface area contributed by atoms with E-state index >= 15 is 0 Å². The molecule has 0 aliphatic carbocycles. The standard InChI is InChI=1S/C22H27N3O3.ClH/c1-14(16-8-9-20-21(13-16)28-12-11-27-20)24-22(26)15(2)25-10-4-5-17-18(23)6-3-7-19(17)25;/h3,6-9,13-15H,4-5,10-12,23H2,1-2H3,(H,24,26);1H. The summed E-state index contributed by atoms with van der Waals surface area (Å²) < 4.78 is 11.2.